The molecule has 7 heteroatoms. The van der Waals surface area contributed by atoms with Crippen molar-refractivity contribution in [3.63, 3.8) is 0 Å². The van der Waals surface area contributed by atoms with E-state index in [2.05, 4.69) is 5.32 Å². The van der Waals surface area contributed by atoms with Gasteiger partial charge in [0.1, 0.15) is 5.82 Å². The topological polar surface area (TPSA) is 72.5 Å². The van der Waals surface area contributed by atoms with Crippen molar-refractivity contribution < 1.29 is 23.5 Å². The second-order valence-electron chi connectivity index (χ2n) is 5.91. The summed E-state index contributed by atoms with van der Waals surface area (Å²) in [6.07, 6.45) is 0.769. The standard InChI is InChI=1S/C20H20FNO4S/c1-12(23)14-5-4-6-17(10-14)22-19(24)13(2)26-20(25)15-7-8-18(21)16(9-15)11-27-3/h4-10,13H,11H2,1-3H3,(H,22,24)/t13-/m0/s1. The van der Waals surface area contributed by atoms with Crippen molar-refractivity contribution >= 4 is 35.1 Å². The molecule has 142 valence electrons. The summed E-state index contributed by atoms with van der Waals surface area (Å²) >= 11 is 1.43. The quantitative estimate of drug-likeness (QED) is 0.571. The van der Waals surface area contributed by atoms with Gasteiger partial charge in [0.05, 0.1) is 5.56 Å². The van der Waals surface area contributed by atoms with Crippen molar-refractivity contribution in [2.24, 2.45) is 0 Å². The van der Waals surface area contributed by atoms with Crippen LogP contribution in [0.5, 0.6) is 0 Å². The van der Waals surface area contributed by atoms with E-state index in [0.717, 1.165) is 0 Å². The number of Topliss-reactive ketones (excluding diaryl/α,β-unsaturated/α-hetero) is 1. The first-order chi connectivity index (χ1) is 12.8. The van der Waals surface area contributed by atoms with Gasteiger partial charge in [-0.05, 0) is 56.0 Å². The van der Waals surface area contributed by atoms with Gasteiger partial charge in [0.2, 0.25) is 0 Å². The molecule has 2 aromatic rings. The van der Waals surface area contributed by atoms with E-state index in [9.17, 15) is 18.8 Å². The average Bonchev–Trinajstić information content (AvgIpc) is 2.63. The third kappa shape index (κ3) is 5.65. The molecule has 0 radical (unpaired) electrons. The molecule has 1 N–H and O–H groups in total. The molecular weight excluding hydrogens is 369 g/mol. The van der Waals surface area contributed by atoms with Gasteiger partial charge >= 0.3 is 5.97 Å². The summed E-state index contributed by atoms with van der Waals surface area (Å²) in [7, 11) is 0. The number of ketones is 1. The molecule has 2 rings (SSSR count). The Morgan fingerprint density at radius 2 is 1.89 bits per heavy atom. The maximum Gasteiger partial charge on any atom is 0.338 e. The molecule has 0 aliphatic carbocycles. The van der Waals surface area contributed by atoms with E-state index in [1.165, 1.54) is 43.8 Å². The molecule has 0 saturated carbocycles. The van der Waals surface area contributed by atoms with Gasteiger partial charge in [-0.2, -0.15) is 11.8 Å². The Morgan fingerprint density at radius 3 is 2.56 bits per heavy atom. The zero-order valence-corrected chi connectivity index (χ0v) is 16.1. The maximum absolute atomic E-state index is 13.7. The molecule has 2 aromatic carbocycles. The number of carbonyl (C=O) groups is 3. The Balaban J connectivity index is 2.03. The fourth-order valence-corrected chi connectivity index (χ4v) is 2.84. The minimum atomic E-state index is -1.06. The van der Waals surface area contributed by atoms with E-state index in [-0.39, 0.29) is 11.3 Å². The first-order valence-corrected chi connectivity index (χ1v) is 9.61. The zero-order valence-electron chi connectivity index (χ0n) is 15.2. The molecular formula is C20H20FNO4S. The third-order valence-electron chi connectivity index (χ3n) is 3.77. The van der Waals surface area contributed by atoms with Crippen LogP contribution in [-0.4, -0.2) is 30.0 Å². The van der Waals surface area contributed by atoms with Gasteiger partial charge in [-0.1, -0.05) is 12.1 Å². The number of anilines is 1. The second-order valence-corrected chi connectivity index (χ2v) is 6.78. The third-order valence-corrected chi connectivity index (χ3v) is 4.37. The van der Waals surface area contributed by atoms with Crippen LogP contribution in [-0.2, 0) is 15.3 Å². The molecule has 0 heterocycles. The lowest BCUT2D eigenvalue weighted by Gasteiger charge is -2.14. The number of rotatable bonds is 7. The lowest BCUT2D eigenvalue weighted by atomic mass is 10.1. The van der Waals surface area contributed by atoms with Crippen molar-refractivity contribution in [2.45, 2.75) is 25.7 Å². The summed E-state index contributed by atoms with van der Waals surface area (Å²) < 4.78 is 18.9. The Bertz CT molecular complexity index is 869. The number of esters is 1. The number of hydrogen-bond donors (Lipinski definition) is 1. The van der Waals surface area contributed by atoms with E-state index >= 15 is 0 Å². The Labute approximate surface area is 161 Å². The predicted molar refractivity (Wildman–Crippen MR) is 104 cm³/mol. The highest BCUT2D eigenvalue weighted by Gasteiger charge is 2.20. The highest BCUT2D eigenvalue weighted by atomic mass is 32.2. The predicted octanol–water partition coefficient (Wildman–Crippen LogP) is 4.08. The van der Waals surface area contributed by atoms with Gasteiger partial charge in [-0.15, -0.1) is 0 Å². The van der Waals surface area contributed by atoms with Crippen LogP contribution in [0.2, 0.25) is 0 Å². The van der Waals surface area contributed by atoms with Gasteiger partial charge in [-0.3, -0.25) is 9.59 Å². The van der Waals surface area contributed by atoms with Gasteiger partial charge in [-0.25, -0.2) is 9.18 Å². The molecule has 0 spiro atoms. The number of thioether (sulfide) groups is 1. The number of hydrogen-bond acceptors (Lipinski definition) is 5. The van der Waals surface area contributed by atoms with Crippen LogP contribution in [0.1, 0.15) is 40.1 Å². The number of halogens is 1. The molecule has 0 aromatic heterocycles. The molecule has 5 nitrogen and oxygen atoms in total. The van der Waals surface area contributed by atoms with Crippen LogP contribution < -0.4 is 5.32 Å². The second kappa shape index (κ2) is 9.32. The fourth-order valence-electron chi connectivity index (χ4n) is 2.31. The van der Waals surface area contributed by atoms with Gasteiger partial charge in [0.15, 0.2) is 11.9 Å². The molecule has 0 fully saturated rings. The van der Waals surface area contributed by atoms with E-state index in [1.54, 1.807) is 24.3 Å². The summed E-state index contributed by atoms with van der Waals surface area (Å²) in [6.45, 7) is 2.87. The SMILES string of the molecule is CSCc1cc(C(=O)O[C@@H](C)C(=O)Nc2cccc(C(C)=O)c2)ccc1F. The molecule has 1 atom stereocenters. The summed E-state index contributed by atoms with van der Waals surface area (Å²) in [5, 5.41) is 2.60. The highest BCUT2D eigenvalue weighted by molar-refractivity contribution is 7.97. The molecule has 0 aliphatic heterocycles. The smallest absolute Gasteiger partial charge is 0.338 e. The van der Waals surface area contributed by atoms with Crippen LogP contribution in [0.3, 0.4) is 0 Å². The number of nitrogens with one attached hydrogen (secondary N) is 1. The van der Waals surface area contributed by atoms with E-state index < -0.39 is 23.8 Å². The monoisotopic (exact) mass is 389 g/mol. The van der Waals surface area contributed by atoms with E-state index in [0.29, 0.717) is 22.6 Å². The maximum atomic E-state index is 13.7. The number of amides is 1. The minimum Gasteiger partial charge on any atom is -0.449 e. The molecule has 1 amide bonds. The lowest BCUT2D eigenvalue weighted by Crippen LogP contribution is -2.30. The fraction of sp³-hybridized carbons (Fsp3) is 0.250. The van der Waals surface area contributed by atoms with Crippen LogP contribution in [0.25, 0.3) is 0 Å². The largest absolute Gasteiger partial charge is 0.449 e. The van der Waals surface area contributed by atoms with E-state index in [1.807, 2.05) is 6.26 Å². The zero-order chi connectivity index (χ0) is 20.0. The lowest BCUT2D eigenvalue weighted by molar-refractivity contribution is -0.123. The van der Waals surface area contributed by atoms with Crippen molar-refractivity contribution in [3.8, 4) is 0 Å². The Hall–Kier alpha value is -2.67. The van der Waals surface area contributed by atoms with Crippen molar-refractivity contribution in [1.82, 2.24) is 0 Å². The van der Waals surface area contributed by atoms with Crippen LogP contribution in [0, 0.1) is 5.82 Å². The highest BCUT2D eigenvalue weighted by Crippen LogP contribution is 2.17. The summed E-state index contributed by atoms with van der Waals surface area (Å²) in [5.41, 5.74) is 1.47. The molecule has 0 saturated heterocycles. The van der Waals surface area contributed by atoms with Crippen LogP contribution >= 0.6 is 11.8 Å². The van der Waals surface area contributed by atoms with Gasteiger partial charge in [0, 0.05) is 17.0 Å². The number of benzene rings is 2. The summed E-state index contributed by atoms with van der Waals surface area (Å²) in [4.78, 5) is 35.9. The Morgan fingerprint density at radius 1 is 1.15 bits per heavy atom. The number of carbonyl (C=O) groups excluding carboxylic acids is 3. The Kier molecular flexibility index (Phi) is 7.12. The average molecular weight is 389 g/mol. The normalized spacial score (nSPS) is 11.6. The first kappa shape index (κ1) is 20.6. The van der Waals surface area contributed by atoms with E-state index in [4.69, 9.17) is 4.74 Å². The molecule has 0 unspecified atom stereocenters. The summed E-state index contributed by atoms with van der Waals surface area (Å²) in [6, 6.07) is 10.4. The molecule has 0 aliphatic rings. The van der Waals surface area contributed by atoms with Crippen molar-refractivity contribution in [1.29, 1.82) is 0 Å². The number of ether oxygens (including phenoxy) is 1. The van der Waals surface area contributed by atoms with Gasteiger partial charge < -0.3 is 10.1 Å². The van der Waals surface area contributed by atoms with Crippen LogP contribution in [0.4, 0.5) is 10.1 Å². The van der Waals surface area contributed by atoms with Crippen LogP contribution in [0.15, 0.2) is 42.5 Å². The van der Waals surface area contributed by atoms with Crippen molar-refractivity contribution in [3.05, 3.63) is 65.0 Å². The van der Waals surface area contributed by atoms with Crippen molar-refractivity contribution in [2.75, 3.05) is 11.6 Å². The van der Waals surface area contributed by atoms with Gasteiger partial charge in [0.25, 0.3) is 5.91 Å². The molecule has 0 bridgehead atoms. The summed E-state index contributed by atoms with van der Waals surface area (Å²) in [5.74, 6) is -1.33. The minimum absolute atomic E-state index is 0.122. The first-order valence-electron chi connectivity index (χ1n) is 8.22. The molecule has 27 heavy (non-hydrogen) atoms.